The Morgan fingerprint density at radius 1 is 1.00 bits per heavy atom. The van der Waals surface area contributed by atoms with E-state index in [1.807, 2.05) is 53.1 Å². The van der Waals surface area contributed by atoms with E-state index >= 15 is 0 Å². The van der Waals surface area contributed by atoms with Gasteiger partial charge in [0.05, 0.1) is 21.1 Å². The number of carbonyl (C=O) groups is 1. The summed E-state index contributed by atoms with van der Waals surface area (Å²) >= 11 is 0. The minimum atomic E-state index is -0.263. The van der Waals surface area contributed by atoms with Crippen LogP contribution in [-0.2, 0) is 11.3 Å². The monoisotopic (exact) mass is 337 g/mol. The molecule has 0 unspecified atom stereocenters. The summed E-state index contributed by atoms with van der Waals surface area (Å²) in [5.74, 6) is -0.263. The van der Waals surface area contributed by atoms with Gasteiger partial charge in [-0.1, -0.05) is 48.5 Å². The third kappa shape index (κ3) is 4.28. The lowest BCUT2D eigenvalue weighted by Gasteiger charge is -2.23. The highest BCUT2D eigenvalue weighted by Crippen LogP contribution is 2.22. The number of hydrogen-bond donors (Lipinski definition) is 0. The largest absolute Gasteiger partial charge is 0.455 e. The fourth-order valence-electron chi connectivity index (χ4n) is 2.80. The van der Waals surface area contributed by atoms with Gasteiger partial charge in [-0.3, -0.25) is 0 Å². The predicted octanol–water partition coefficient (Wildman–Crippen LogP) is 3.55. The van der Waals surface area contributed by atoms with Gasteiger partial charge >= 0.3 is 5.97 Å². The van der Waals surface area contributed by atoms with Crippen LogP contribution in [-0.4, -0.2) is 49.3 Å². The molecule has 0 N–H and O–H groups in total. The van der Waals surface area contributed by atoms with Crippen LogP contribution in [0.5, 0.6) is 0 Å². The van der Waals surface area contributed by atoms with Crippen molar-refractivity contribution in [2.24, 2.45) is 0 Å². The van der Waals surface area contributed by atoms with Gasteiger partial charge in [0.25, 0.3) is 0 Å². The van der Waals surface area contributed by atoms with E-state index in [0.29, 0.717) is 18.8 Å². The Kier molecular flexibility index (Phi) is 4.91. The van der Waals surface area contributed by atoms with Crippen LogP contribution in [0.25, 0.3) is 10.9 Å². The minimum Gasteiger partial charge on any atom is -0.455 e. The average molecular weight is 337 g/mol. The van der Waals surface area contributed by atoms with E-state index < -0.39 is 0 Å². The number of rotatable bonds is 6. The van der Waals surface area contributed by atoms with E-state index in [4.69, 9.17) is 4.74 Å². The Morgan fingerprint density at radius 2 is 1.68 bits per heavy atom. The number of aromatic nitrogens is 1. The lowest BCUT2D eigenvalue weighted by Crippen LogP contribution is -2.38. The number of benzene rings is 2. The molecule has 25 heavy (non-hydrogen) atoms. The molecular formula is C21H25N2O2+. The van der Waals surface area contributed by atoms with Gasteiger partial charge in [-0.05, 0) is 17.7 Å². The van der Waals surface area contributed by atoms with Crippen LogP contribution in [0.2, 0.25) is 0 Å². The summed E-state index contributed by atoms with van der Waals surface area (Å²) in [7, 11) is 6.25. The van der Waals surface area contributed by atoms with Crippen LogP contribution in [0.3, 0.4) is 0 Å². The van der Waals surface area contributed by atoms with Crippen LogP contribution in [0.15, 0.2) is 60.7 Å². The van der Waals surface area contributed by atoms with Crippen molar-refractivity contribution >= 4 is 16.9 Å². The van der Waals surface area contributed by atoms with E-state index in [-0.39, 0.29) is 5.97 Å². The molecule has 0 atom stereocenters. The average Bonchev–Trinajstić information content (AvgIpc) is 2.93. The first-order valence-electron chi connectivity index (χ1n) is 8.54. The normalized spacial score (nSPS) is 11.6. The number of carbonyl (C=O) groups excluding carboxylic acids is 1. The van der Waals surface area contributed by atoms with Gasteiger partial charge in [-0.2, -0.15) is 0 Å². The van der Waals surface area contributed by atoms with Gasteiger partial charge in [0.15, 0.2) is 0 Å². The second-order valence-electron chi connectivity index (χ2n) is 7.31. The molecular weight excluding hydrogens is 312 g/mol. The SMILES string of the molecule is C[N+](C)(C)CCOC(=O)c1cc2ccccc2n1Cc1ccccc1. The molecule has 4 nitrogen and oxygen atoms in total. The zero-order valence-corrected chi connectivity index (χ0v) is 15.1. The lowest BCUT2D eigenvalue weighted by molar-refractivity contribution is -0.870. The topological polar surface area (TPSA) is 31.2 Å². The quantitative estimate of drug-likeness (QED) is 0.509. The molecule has 0 bridgehead atoms. The molecule has 0 aliphatic rings. The number of fused-ring (bicyclic) bond motifs is 1. The Morgan fingerprint density at radius 3 is 2.40 bits per heavy atom. The molecule has 0 spiro atoms. The van der Waals surface area contributed by atoms with E-state index in [1.54, 1.807) is 0 Å². The predicted molar refractivity (Wildman–Crippen MR) is 101 cm³/mol. The summed E-state index contributed by atoms with van der Waals surface area (Å²) < 4.78 is 8.34. The molecule has 0 aliphatic heterocycles. The summed E-state index contributed by atoms with van der Waals surface area (Å²) in [5, 5.41) is 1.05. The molecule has 0 radical (unpaired) electrons. The minimum absolute atomic E-state index is 0.263. The molecule has 0 saturated heterocycles. The number of nitrogens with zero attached hydrogens (tertiary/aromatic N) is 2. The lowest BCUT2D eigenvalue weighted by atomic mass is 10.2. The zero-order valence-electron chi connectivity index (χ0n) is 15.1. The molecule has 0 aliphatic carbocycles. The van der Waals surface area contributed by atoms with Crippen molar-refractivity contribution in [3.8, 4) is 0 Å². The number of likely N-dealkylation sites (N-methyl/N-ethyl adjacent to an activating group) is 1. The third-order valence-electron chi connectivity index (χ3n) is 4.20. The van der Waals surface area contributed by atoms with Crippen molar-refractivity contribution in [3.63, 3.8) is 0 Å². The van der Waals surface area contributed by atoms with Crippen molar-refractivity contribution in [3.05, 3.63) is 71.9 Å². The van der Waals surface area contributed by atoms with E-state index in [2.05, 4.69) is 33.3 Å². The molecule has 4 heteroatoms. The van der Waals surface area contributed by atoms with Gasteiger partial charge in [0.2, 0.25) is 0 Å². The number of esters is 1. The summed E-state index contributed by atoms with van der Waals surface area (Å²) in [6.45, 7) is 1.84. The maximum atomic E-state index is 12.7. The van der Waals surface area contributed by atoms with Crippen molar-refractivity contribution in [2.75, 3.05) is 34.3 Å². The fourth-order valence-corrected chi connectivity index (χ4v) is 2.80. The van der Waals surface area contributed by atoms with Crippen LogP contribution >= 0.6 is 0 Å². The van der Waals surface area contributed by atoms with Crippen LogP contribution < -0.4 is 0 Å². The molecule has 1 heterocycles. The third-order valence-corrected chi connectivity index (χ3v) is 4.20. The van der Waals surface area contributed by atoms with Crippen LogP contribution in [0.1, 0.15) is 16.1 Å². The Hall–Kier alpha value is -2.59. The number of ether oxygens (including phenoxy) is 1. The van der Waals surface area contributed by atoms with Crippen LogP contribution in [0.4, 0.5) is 0 Å². The van der Waals surface area contributed by atoms with Gasteiger partial charge in [-0.25, -0.2) is 4.79 Å². The number of para-hydroxylation sites is 1. The summed E-state index contributed by atoms with van der Waals surface area (Å²) in [4.78, 5) is 12.7. The number of hydrogen-bond acceptors (Lipinski definition) is 2. The van der Waals surface area contributed by atoms with E-state index in [1.165, 1.54) is 0 Å². The first kappa shape index (κ1) is 17.2. The Bertz CT molecular complexity index is 860. The molecule has 3 aromatic rings. The Balaban J connectivity index is 1.88. The van der Waals surface area contributed by atoms with Gasteiger partial charge in [-0.15, -0.1) is 0 Å². The summed E-state index contributed by atoms with van der Waals surface area (Å²) in [5.41, 5.74) is 2.81. The molecule has 0 fully saturated rings. The van der Waals surface area contributed by atoms with Crippen molar-refractivity contribution in [1.82, 2.24) is 4.57 Å². The second kappa shape index (κ2) is 7.11. The molecule has 130 valence electrons. The Labute approximate surface area is 148 Å². The second-order valence-corrected chi connectivity index (χ2v) is 7.31. The fraction of sp³-hybridized carbons (Fsp3) is 0.286. The number of quaternary nitrogens is 1. The highest BCUT2D eigenvalue weighted by Gasteiger charge is 2.18. The first-order valence-corrected chi connectivity index (χ1v) is 8.54. The van der Waals surface area contributed by atoms with E-state index in [0.717, 1.165) is 27.5 Å². The van der Waals surface area contributed by atoms with Gasteiger partial charge < -0.3 is 13.8 Å². The maximum absolute atomic E-state index is 12.7. The first-order chi connectivity index (χ1) is 11.9. The van der Waals surface area contributed by atoms with Gasteiger partial charge in [0.1, 0.15) is 18.8 Å². The van der Waals surface area contributed by atoms with E-state index in [9.17, 15) is 4.79 Å². The van der Waals surface area contributed by atoms with Crippen molar-refractivity contribution in [1.29, 1.82) is 0 Å². The van der Waals surface area contributed by atoms with Crippen molar-refractivity contribution in [2.45, 2.75) is 6.54 Å². The van der Waals surface area contributed by atoms with Crippen LogP contribution in [0, 0.1) is 0 Å². The molecule has 3 rings (SSSR count). The highest BCUT2D eigenvalue weighted by molar-refractivity contribution is 5.95. The summed E-state index contributed by atoms with van der Waals surface area (Å²) in [6.07, 6.45) is 0. The highest BCUT2D eigenvalue weighted by atomic mass is 16.5. The molecule has 1 aromatic heterocycles. The zero-order chi connectivity index (χ0) is 17.9. The molecule has 2 aromatic carbocycles. The molecule has 0 saturated carbocycles. The smallest absolute Gasteiger partial charge is 0.355 e. The summed E-state index contributed by atoms with van der Waals surface area (Å²) in [6, 6.07) is 20.1. The van der Waals surface area contributed by atoms with Crippen molar-refractivity contribution < 1.29 is 14.0 Å². The maximum Gasteiger partial charge on any atom is 0.355 e. The standard InChI is InChI=1S/C21H25N2O2/c1-23(2,3)13-14-25-21(24)20-15-18-11-7-8-12-19(18)22(20)16-17-9-5-4-6-10-17/h4-12,15H,13-14,16H2,1-3H3/q+1. The molecule has 0 amide bonds. The van der Waals surface area contributed by atoms with Gasteiger partial charge in [0, 0.05) is 17.4 Å².